The van der Waals surface area contributed by atoms with Crippen molar-refractivity contribution in [2.75, 3.05) is 5.43 Å². The molecule has 1 aromatic heterocycles. The fourth-order valence-corrected chi connectivity index (χ4v) is 2.14. The Bertz CT molecular complexity index is 749. The van der Waals surface area contributed by atoms with Gasteiger partial charge in [0.15, 0.2) is 0 Å². The van der Waals surface area contributed by atoms with Gasteiger partial charge in [-0.3, -0.25) is 10.4 Å². The van der Waals surface area contributed by atoms with E-state index >= 15 is 0 Å². The quantitative estimate of drug-likeness (QED) is 0.571. The molecule has 0 fully saturated rings. The zero-order valence-electron chi connectivity index (χ0n) is 11.2. The number of rotatable bonds is 3. The smallest absolute Gasteiger partial charge is 0.0737 e. The van der Waals surface area contributed by atoms with E-state index < -0.39 is 0 Å². The first-order chi connectivity index (χ1) is 9.84. The molecule has 20 heavy (non-hydrogen) atoms. The molecule has 0 spiro atoms. The van der Waals surface area contributed by atoms with E-state index in [1.165, 1.54) is 5.56 Å². The van der Waals surface area contributed by atoms with E-state index in [0.717, 1.165) is 22.2 Å². The van der Waals surface area contributed by atoms with Crippen molar-refractivity contribution in [1.82, 2.24) is 4.98 Å². The number of aromatic nitrogens is 1. The van der Waals surface area contributed by atoms with Crippen LogP contribution in [-0.2, 0) is 0 Å². The number of hydrazone groups is 1. The van der Waals surface area contributed by atoms with Gasteiger partial charge in [-0.1, -0.05) is 36.4 Å². The summed E-state index contributed by atoms with van der Waals surface area (Å²) in [5.41, 5.74) is 7.25. The summed E-state index contributed by atoms with van der Waals surface area (Å²) in [7, 11) is 0. The summed E-state index contributed by atoms with van der Waals surface area (Å²) in [5, 5.41) is 5.41. The molecule has 0 aliphatic rings. The van der Waals surface area contributed by atoms with Gasteiger partial charge in [-0.05, 0) is 30.7 Å². The van der Waals surface area contributed by atoms with Crippen LogP contribution in [0.15, 0.2) is 65.9 Å². The molecule has 0 aliphatic heterocycles. The predicted octanol–water partition coefficient (Wildman–Crippen LogP) is 3.99. The van der Waals surface area contributed by atoms with Crippen LogP contribution in [-0.4, -0.2) is 11.2 Å². The maximum atomic E-state index is 4.43. The van der Waals surface area contributed by atoms with E-state index in [1.54, 1.807) is 0 Å². The highest BCUT2D eigenvalue weighted by Gasteiger charge is 2.01. The minimum absolute atomic E-state index is 0.971. The molecule has 0 amide bonds. The molecule has 3 nitrogen and oxygen atoms in total. The van der Waals surface area contributed by atoms with Crippen molar-refractivity contribution in [3.63, 3.8) is 0 Å². The van der Waals surface area contributed by atoms with Crippen LogP contribution in [0.5, 0.6) is 0 Å². The van der Waals surface area contributed by atoms with E-state index in [2.05, 4.69) is 40.6 Å². The van der Waals surface area contributed by atoms with Gasteiger partial charge in [-0.25, -0.2) is 0 Å². The van der Waals surface area contributed by atoms with Crippen molar-refractivity contribution < 1.29 is 0 Å². The summed E-state index contributed by atoms with van der Waals surface area (Å²) in [6, 6.07) is 18.0. The first-order valence-electron chi connectivity index (χ1n) is 6.53. The van der Waals surface area contributed by atoms with Gasteiger partial charge in [0.1, 0.15) is 0 Å². The molecule has 0 saturated carbocycles. The SMILES string of the molecule is Cc1ccc(C=NNc2ccccc2)c2cccnc12. The lowest BCUT2D eigenvalue weighted by atomic mass is 10.1. The largest absolute Gasteiger partial charge is 0.279 e. The monoisotopic (exact) mass is 261 g/mol. The van der Waals surface area contributed by atoms with Gasteiger partial charge in [0.25, 0.3) is 0 Å². The number of pyridine rings is 1. The van der Waals surface area contributed by atoms with Crippen molar-refractivity contribution in [2.24, 2.45) is 5.10 Å². The average molecular weight is 261 g/mol. The summed E-state index contributed by atoms with van der Waals surface area (Å²) < 4.78 is 0. The molecule has 1 heterocycles. The standard InChI is InChI=1S/C17H15N3/c1-13-9-10-14(16-8-5-11-18-17(13)16)12-19-20-15-6-3-2-4-7-15/h2-12,20H,1H3. The predicted molar refractivity (Wildman–Crippen MR) is 84.1 cm³/mol. The van der Waals surface area contributed by atoms with Crippen LogP contribution in [0.1, 0.15) is 11.1 Å². The number of benzene rings is 2. The van der Waals surface area contributed by atoms with Crippen LogP contribution >= 0.6 is 0 Å². The Morgan fingerprint density at radius 2 is 1.85 bits per heavy atom. The third kappa shape index (κ3) is 2.52. The summed E-state index contributed by atoms with van der Waals surface area (Å²) in [6.45, 7) is 2.07. The molecule has 1 N–H and O–H groups in total. The minimum Gasteiger partial charge on any atom is -0.279 e. The Morgan fingerprint density at radius 3 is 2.70 bits per heavy atom. The number of hydrogen-bond acceptors (Lipinski definition) is 3. The van der Waals surface area contributed by atoms with E-state index in [4.69, 9.17) is 0 Å². The summed E-state index contributed by atoms with van der Waals surface area (Å²) in [5.74, 6) is 0. The molecule has 2 aromatic carbocycles. The zero-order chi connectivity index (χ0) is 13.8. The number of hydrogen-bond donors (Lipinski definition) is 1. The number of fused-ring (bicyclic) bond motifs is 1. The normalized spacial score (nSPS) is 11.1. The van der Waals surface area contributed by atoms with Gasteiger partial charge >= 0.3 is 0 Å². The van der Waals surface area contributed by atoms with Crippen molar-refractivity contribution in [2.45, 2.75) is 6.92 Å². The Labute approximate surface area is 118 Å². The number of aryl methyl sites for hydroxylation is 1. The van der Waals surface area contributed by atoms with E-state index in [0.29, 0.717) is 0 Å². The summed E-state index contributed by atoms with van der Waals surface area (Å²) in [4.78, 5) is 4.43. The molecule has 0 unspecified atom stereocenters. The summed E-state index contributed by atoms with van der Waals surface area (Å²) >= 11 is 0. The van der Waals surface area contributed by atoms with Gasteiger partial charge in [-0.15, -0.1) is 0 Å². The fourth-order valence-electron chi connectivity index (χ4n) is 2.14. The van der Waals surface area contributed by atoms with Gasteiger partial charge < -0.3 is 0 Å². The van der Waals surface area contributed by atoms with Crippen molar-refractivity contribution >= 4 is 22.8 Å². The maximum Gasteiger partial charge on any atom is 0.0737 e. The van der Waals surface area contributed by atoms with Gasteiger partial charge in [0.2, 0.25) is 0 Å². The lowest BCUT2D eigenvalue weighted by Crippen LogP contribution is -1.93. The molecular formula is C17H15N3. The van der Waals surface area contributed by atoms with Crippen LogP contribution in [0.4, 0.5) is 5.69 Å². The second-order valence-electron chi connectivity index (χ2n) is 4.61. The molecule has 0 aliphatic carbocycles. The number of nitrogens with one attached hydrogen (secondary N) is 1. The molecule has 3 rings (SSSR count). The lowest BCUT2D eigenvalue weighted by molar-refractivity contribution is 1.34. The molecule has 3 aromatic rings. The zero-order valence-corrected chi connectivity index (χ0v) is 11.2. The van der Waals surface area contributed by atoms with Crippen LogP contribution in [0, 0.1) is 6.92 Å². The molecule has 0 atom stereocenters. The molecule has 0 bridgehead atoms. The highest BCUT2D eigenvalue weighted by Crippen LogP contribution is 2.19. The Morgan fingerprint density at radius 1 is 1.00 bits per heavy atom. The fraction of sp³-hybridized carbons (Fsp3) is 0.0588. The lowest BCUT2D eigenvalue weighted by Gasteiger charge is -2.04. The highest BCUT2D eigenvalue weighted by atomic mass is 15.3. The summed E-state index contributed by atoms with van der Waals surface area (Å²) in [6.07, 6.45) is 3.65. The van der Waals surface area contributed by atoms with Crippen molar-refractivity contribution in [3.8, 4) is 0 Å². The van der Waals surface area contributed by atoms with Crippen LogP contribution in [0.3, 0.4) is 0 Å². The Hall–Kier alpha value is -2.68. The van der Waals surface area contributed by atoms with Crippen LogP contribution in [0.25, 0.3) is 10.9 Å². The number of para-hydroxylation sites is 1. The maximum absolute atomic E-state index is 4.43. The first kappa shape index (κ1) is 12.4. The molecule has 0 radical (unpaired) electrons. The Kier molecular flexibility index (Phi) is 3.42. The third-order valence-corrected chi connectivity index (χ3v) is 3.18. The van der Waals surface area contributed by atoms with Crippen molar-refractivity contribution in [3.05, 3.63) is 71.9 Å². The van der Waals surface area contributed by atoms with E-state index in [9.17, 15) is 0 Å². The average Bonchev–Trinajstić information content (AvgIpc) is 2.51. The van der Waals surface area contributed by atoms with Gasteiger partial charge in [0, 0.05) is 17.1 Å². The molecular weight excluding hydrogens is 246 g/mol. The second-order valence-corrected chi connectivity index (χ2v) is 4.61. The number of nitrogens with zero attached hydrogens (tertiary/aromatic N) is 2. The first-order valence-corrected chi connectivity index (χ1v) is 6.53. The van der Waals surface area contributed by atoms with E-state index in [-0.39, 0.29) is 0 Å². The van der Waals surface area contributed by atoms with Crippen LogP contribution < -0.4 is 5.43 Å². The Balaban J connectivity index is 1.90. The highest BCUT2D eigenvalue weighted by molar-refractivity contribution is 5.99. The third-order valence-electron chi connectivity index (χ3n) is 3.18. The molecule has 0 saturated heterocycles. The van der Waals surface area contributed by atoms with E-state index in [1.807, 2.05) is 48.8 Å². The topological polar surface area (TPSA) is 37.3 Å². The second kappa shape index (κ2) is 5.53. The van der Waals surface area contributed by atoms with Gasteiger partial charge in [-0.2, -0.15) is 5.10 Å². The number of anilines is 1. The molecule has 98 valence electrons. The van der Waals surface area contributed by atoms with Crippen molar-refractivity contribution in [1.29, 1.82) is 0 Å². The van der Waals surface area contributed by atoms with Gasteiger partial charge in [0.05, 0.1) is 17.4 Å². The molecule has 3 heteroatoms. The minimum atomic E-state index is 0.971. The van der Waals surface area contributed by atoms with Crippen LogP contribution in [0.2, 0.25) is 0 Å².